The van der Waals surface area contributed by atoms with Gasteiger partial charge in [-0.15, -0.1) is 0 Å². The van der Waals surface area contributed by atoms with Crippen molar-refractivity contribution in [1.82, 2.24) is 14.9 Å². The number of imidazole rings is 1. The first-order valence-corrected chi connectivity index (χ1v) is 11.7. The first-order chi connectivity index (χ1) is 15.8. The molecule has 0 aliphatic carbocycles. The SMILES string of the molecule is Cc1cc(C)c(C)c(Cn2c(CCNC(=O)Cc3ccccc3Cl)nc3ccccc32)c1C. The van der Waals surface area contributed by atoms with Crippen LogP contribution >= 0.6 is 11.6 Å². The predicted octanol–water partition coefficient (Wildman–Crippen LogP) is 5.87. The smallest absolute Gasteiger partial charge is 0.224 e. The number of fused-ring (bicyclic) bond motifs is 1. The molecular weight excluding hydrogens is 430 g/mol. The van der Waals surface area contributed by atoms with Crippen LogP contribution in [-0.2, 0) is 24.2 Å². The van der Waals surface area contributed by atoms with Crippen LogP contribution in [0.15, 0.2) is 54.6 Å². The zero-order chi connectivity index (χ0) is 23.5. The van der Waals surface area contributed by atoms with Crippen LogP contribution in [0.3, 0.4) is 0 Å². The largest absolute Gasteiger partial charge is 0.355 e. The zero-order valence-electron chi connectivity index (χ0n) is 19.7. The Bertz CT molecular complexity index is 1300. The molecule has 4 aromatic rings. The molecule has 33 heavy (non-hydrogen) atoms. The number of amides is 1. The molecule has 1 N–H and O–H groups in total. The van der Waals surface area contributed by atoms with E-state index in [1.807, 2.05) is 36.4 Å². The van der Waals surface area contributed by atoms with E-state index >= 15 is 0 Å². The number of aryl methyl sites for hydroxylation is 2. The van der Waals surface area contributed by atoms with Crippen LogP contribution in [0.5, 0.6) is 0 Å². The van der Waals surface area contributed by atoms with Gasteiger partial charge in [0.25, 0.3) is 0 Å². The molecule has 5 heteroatoms. The highest BCUT2D eigenvalue weighted by atomic mass is 35.5. The van der Waals surface area contributed by atoms with E-state index < -0.39 is 0 Å². The van der Waals surface area contributed by atoms with E-state index in [0.29, 0.717) is 18.0 Å². The van der Waals surface area contributed by atoms with E-state index in [4.69, 9.17) is 16.6 Å². The minimum atomic E-state index is -0.0354. The van der Waals surface area contributed by atoms with E-state index in [1.165, 1.54) is 27.8 Å². The lowest BCUT2D eigenvalue weighted by Crippen LogP contribution is -2.28. The summed E-state index contributed by atoms with van der Waals surface area (Å²) < 4.78 is 2.30. The van der Waals surface area contributed by atoms with Gasteiger partial charge in [-0.05, 0) is 79.3 Å². The van der Waals surface area contributed by atoms with E-state index in [1.54, 1.807) is 0 Å². The molecule has 0 fully saturated rings. The number of halogens is 1. The molecule has 1 heterocycles. The Kier molecular flexibility index (Phi) is 6.85. The molecule has 0 saturated heterocycles. The minimum absolute atomic E-state index is 0.0354. The normalized spacial score (nSPS) is 11.2. The van der Waals surface area contributed by atoms with Gasteiger partial charge >= 0.3 is 0 Å². The number of hydrogen-bond donors (Lipinski definition) is 1. The first kappa shape index (κ1) is 23.1. The number of para-hydroxylation sites is 2. The van der Waals surface area contributed by atoms with Crippen LogP contribution in [0.2, 0.25) is 5.02 Å². The standard InChI is InChI=1S/C28H30ClN3O/c1-18-15-19(2)21(4)23(20(18)3)17-32-26-12-8-7-11-25(26)31-27(32)13-14-30-28(33)16-22-9-5-6-10-24(22)29/h5-12,15H,13-14,16-17H2,1-4H3,(H,30,33). The number of benzene rings is 3. The molecule has 4 rings (SSSR count). The van der Waals surface area contributed by atoms with Gasteiger partial charge in [0.15, 0.2) is 0 Å². The van der Waals surface area contributed by atoms with E-state index in [2.05, 4.69) is 55.8 Å². The summed E-state index contributed by atoms with van der Waals surface area (Å²) in [6.45, 7) is 10.0. The summed E-state index contributed by atoms with van der Waals surface area (Å²) in [5.41, 5.74) is 9.56. The number of hydrogen-bond acceptors (Lipinski definition) is 2. The number of aromatic nitrogens is 2. The molecule has 4 nitrogen and oxygen atoms in total. The maximum Gasteiger partial charge on any atom is 0.224 e. The summed E-state index contributed by atoms with van der Waals surface area (Å²) in [4.78, 5) is 17.4. The molecule has 3 aromatic carbocycles. The van der Waals surface area contributed by atoms with Crippen molar-refractivity contribution in [3.8, 4) is 0 Å². The zero-order valence-corrected chi connectivity index (χ0v) is 20.5. The van der Waals surface area contributed by atoms with Crippen molar-refractivity contribution in [3.63, 3.8) is 0 Å². The van der Waals surface area contributed by atoms with Crippen LogP contribution in [0.25, 0.3) is 11.0 Å². The van der Waals surface area contributed by atoms with Gasteiger partial charge in [0, 0.05) is 24.5 Å². The van der Waals surface area contributed by atoms with Crippen molar-refractivity contribution in [3.05, 3.63) is 98.8 Å². The highest BCUT2D eigenvalue weighted by Crippen LogP contribution is 2.25. The van der Waals surface area contributed by atoms with Gasteiger partial charge in [0.2, 0.25) is 5.91 Å². The second kappa shape index (κ2) is 9.80. The lowest BCUT2D eigenvalue weighted by Gasteiger charge is -2.18. The third-order valence-electron chi connectivity index (χ3n) is 6.55. The highest BCUT2D eigenvalue weighted by molar-refractivity contribution is 6.31. The minimum Gasteiger partial charge on any atom is -0.355 e. The lowest BCUT2D eigenvalue weighted by molar-refractivity contribution is -0.120. The van der Waals surface area contributed by atoms with Gasteiger partial charge in [0.1, 0.15) is 5.82 Å². The Morgan fingerprint density at radius 1 is 0.970 bits per heavy atom. The van der Waals surface area contributed by atoms with E-state index in [0.717, 1.165) is 29.0 Å². The fraction of sp³-hybridized carbons (Fsp3) is 0.286. The Hall–Kier alpha value is -3.11. The number of carbonyl (C=O) groups excluding carboxylic acids is 1. The lowest BCUT2D eigenvalue weighted by atomic mass is 9.94. The fourth-order valence-electron chi connectivity index (χ4n) is 4.38. The van der Waals surface area contributed by atoms with Gasteiger partial charge in [0.05, 0.1) is 17.5 Å². The topological polar surface area (TPSA) is 46.9 Å². The van der Waals surface area contributed by atoms with Crippen LogP contribution in [-0.4, -0.2) is 22.0 Å². The van der Waals surface area contributed by atoms with Crippen molar-refractivity contribution in [1.29, 1.82) is 0 Å². The fourth-order valence-corrected chi connectivity index (χ4v) is 4.58. The van der Waals surface area contributed by atoms with Crippen molar-refractivity contribution in [2.24, 2.45) is 0 Å². The number of nitrogens with one attached hydrogen (secondary N) is 1. The predicted molar refractivity (Wildman–Crippen MR) is 136 cm³/mol. The third kappa shape index (κ3) is 4.96. The van der Waals surface area contributed by atoms with Gasteiger partial charge in [-0.2, -0.15) is 0 Å². The summed E-state index contributed by atoms with van der Waals surface area (Å²) in [5.74, 6) is 0.943. The second-order valence-electron chi connectivity index (χ2n) is 8.71. The molecule has 0 spiro atoms. The Morgan fingerprint density at radius 3 is 2.36 bits per heavy atom. The summed E-state index contributed by atoms with van der Waals surface area (Å²) >= 11 is 6.20. The summed E-state index contributed by atoms with van der Waals surface area (Å²) in [6, 6.07) is 18.0. The van der Waals surface area contributed by atoms with Crippen molar-refractivity contribution in [2.75, 3.05) is 6.54 Å². The Labute approximate surface area is 200 Å². The van der Waals surface area contributed by atoms with Gasteiger partial charge < -0.3 is 9.88 Å². The van der Waals surface area contributed by atoms with Crippen molar-refractivity contribution >= 4 is 28.5 Å². The highest BCUT2D eigenvalue weighted by Gasteiger charge is 2.15. The average molecular weight is 460 g/mol. The molecule has 0 radical (unpaired) electrons. The average Bonchev–Trinajstić information content (AvgIpc) is 3.14. The number of nitrogens with zero attached hydrogens (tertiary/aromatic N) is 2. The Balaban J connectivity index is 1.55. The van der Waals surface area contributed by atoms with Crippen LogP contribution < -0.4 is 5.32 Å². The maximum atomic E-state index is 12.5. The molecule has 0 unspecified atom stereocenters. The number of rotatable bonds is 7. The maximum absolute atomic E-state index is 12.5. The first-order valence-electron chi connectivity index (χ1n) is 11.4. The molecule has 170 valence electrons. The molecule has 0 atom stereocenters. The van der Waals surface area contributed by atoms with Crippen molar-refractivity contribution in [2.45, 2.75) is 47.1 Å². The molecular formula is C28H30ClN3O. The van der Waals surface area contributed by atoms with E-state index in [9.17, 15) is 4.79 Å². The summed E-state index contributed by atoms with van der Waals surface area (Å²) in [7, 11) is 0. The van der Waals surface area contributed by atoms with Gasteiger partial charge in [-0.1, -0.05) is 48.0 Å². The van der Waals surface area contributed by atoms with Gasteiger partial charge in [-0.25, -0.2) is 4.98 Å². The molecule has 0 aliphatic rings. The molecule has 0 bridgehead atoms. The van der Waals surface area contributed by atoms with Crippen LogP contribution in [0, 0.1) is 27.7 Å². The van der Waals surface area contributed by atoms with Crippen molar-refractivity contribution < 1.29 is 4.79 Å². The Morgan fingerprint density at radius 2 is 1.64 bits per heavy atom. The third-order valence-corrected chi connectivity index (χ3v) is 6.92. The van der Waals surface area contributed by atoms with Gasteiger partial charge in [-0.3, -0.25) is 4.79 Å². The molecule has 0 aliphatic heterocycles. The molecule has 0 saturated carbocycles. The number of carbonyl (C=O) groups is 1. The second-order valence-corrected chi connectivity index (χ2v) is 9.12. The quantitative estimate of drug-likeness (QED) is 0.375. The molecule has 1 amide bonds. The van der Waals surface area contributed by atoms with Crippen LogP contribution in [0.1, 0.15) is 39.2 Å². The van der Waals surface area contributed by atoms with Crippen LogP contribution in [0.4, 0.5) is 0 Å². The summed E-state index contributed by atoms with van der Waals surface area (Å²) in [6.07, 6.45) is 0.933. The summed E-state index contributed by atoms with van der Waals surface area (Å²) in [5, 5.41) is 3.65. The van der Waals surface area contributed by atoms with E-state index in [-0.39, 0.29) is 12.3 Å². The monoisotopic (exact) mass is 459 g/mol. The molecule has 1 aromatic heterocycles.